The van der Waals surface area contributed by atoms with Gasteiger partial charge in [-0.3, -0.25) is 0 Å². The van der Waals surface area contributed by atoms with E-state index < -0.39 is 0 Å². The van der Waals surface area contributed by atoms with Crippen LogP contribution >= 0.6 is 0 Å². The first-order chi connectivity index (χ1) is 13.3. The normalized spacial score (nSPS) is 56.6. The number of fused-ring (bicyclic) bond motifs is 2. The molecule has 9 unspecified atom stereocenters. The molecule has 5 rings (SSSR count). The van der Waals surface area contributed by atoms with Gasteiger partial charge in [0, 0.05) is 0 Å². The summed E-state index contributed by atoms with van der Waals surface area (Å²) < 4.78 is 0. The van der Waals surface area contributed by atoms with E-state index >= 15 is 0 Å². The van der Waals surface area contributed by atoms with Crippen LogP contribution in [0.3, 0.4) is 0 Å². The van der Waals surface area contributed by atoms with E-state index in [4.69, 9.17) is 0 Å². The van der Waals surface area contributed by atoms with Crippen LogP contribution in [0.4, 0.5) is 0 Å². The van der Waals surface area contributed by atoms with E-state index in [9.17, 15) is 0 Å². The molecular weight excluding hydrogens is 348 g/mol. The molecule has 0 radical (unpaired) electrons. The Labute approximate surface area is 182 Å². The largest absolute Gasteiger partial charge is 0.0654 e. The van der Waals surface area contributed by atoms with Crippen molar-refractivity contribution in [2.24, 2.45) is 62.1 Å². The second-order valence-corrected chi connectivity index (χ2v) is 14.7. The highest BCUT2D eigenvalue weighted by atomic mass is 14.9. The lowest BCUT2D eigenvalue weighted by Gasteiger charge is -2.73. The van der Waals surface area contributed by atoms with Gasteiger partial charge in [-0.05, 0) is 101 Å². The summed E-state index contributed by atoms with van der Waals surface area (Å²) in [5.74, 6) is 5.02. The zero-order chi connectivity index (χ0) is 21.3. The van der Waals surface area contributed by atoms with Crippen LogP contribution in [0.5, 0.6) is 0 Å². The van der Waals surface area contributed by atoms with Gasteiger partial charge in [0.15, 0.2) is 0 Å². The van der Waals surface area contributed by atoms with Crippen LogP contribution in [0.15, 0.2) is 0 Å². The molecule has 0 N–H and O–H groups in total. The van der Waals surface area contributed by atoms with Gasteiger partial charge < -0.3 is 0 Å². The summed E-state index contributed by atoms with van der Waals surface area (Å²) in [5, 5.41) is 0. The SMILES string of the molecule is CCCCC(C)C1(CC2C3CCC3(C)C23CC3(C)C2CC(C)(C)C2(C)C)CC1C. The third kappa shape index (κ3) is 2.14. The van der Waals surface area contributed by atoms with Crippen LogP contribution in [-0.2, 0) is 0 Å². The molecular formula is C29H50. The van der Waals surface area contributed by atoms with Crippen molar-refractivity contribution in [3.05, 3.63) is 0 Å². The Kier molecular flexibility index (Phi) is 4.08. The topological polar surface area (TPSA) is 0 Å². The van der Waals surface area contributed by atoms with Crippen LogP contribution in [0.1, 0.15) is 120 Å². The fraction of sp³-hybridized carbons (Fsp3) is 1.00. The number of hydrogen-bond acceptors (Lipinski definition) is 0. The molecule has 0 heteroatoms. The van der Waals surface area contributed by atoms with Gasteiger partial charge in [0.2, 0.25) is 0 Å². The number of hydrogen-bond donors (Lipinski definition) is 0. The van der Waals surface area contributed by atoms with Gasteiger partial charge in [0.1, 0.15) is 0 Å². The third-order valence-corrected chi connectivity index (χ3v) is 13.6. The first kappa shape index (κ1) is 20.9. The highest BCUT2D eigenvalue weighted by molar-refractivity contribution is 5.37. The molecule has 0 aromatic rings. The van der Waals surface area contributed by atoms with Crippen LogP contribution < -0.4 is 0 Å². The molecule has 5 aliphatic rings. The van der Waals surface area contributed by atoms with Gasteiger partial charge in [-0.1, -0.05) is 81.6 Å². The molecule has 0 aromatic carbocycles. The van der Waals surface area contributed by atoms with Crippen molar-refractivity contribution >= 4 is 0 Å². The summed E-state index contributed by atoms with van der Waals surface area (Å²) >= 11 is 0. The molecule has 0 aromatic heterocycles. The molecule has 0 amide bonds. The predicted molar refractivity (Wildman–Crippen MR) is 125 cm³/mol. The fourth-order valence-electron chi connectivity index (χ4n) is 10.6. The lowest BCUT2D eigenvalue weighted by Crippen LogP contribution is -2.67. The molecule has 0 bridgehead atoms. The molecule has 0 heterocycles. The van der Waals surface area contributed by atoms with Gasteiger partial charge in [-0.25, -0.2) is 0 Å². The monoisotopic (exact) mass is 398 g/mol. The Morgan fingerprint density at radius 1 is 0.966 bits per heavy atom. The predicted octanol–water partition coefficient (Wildman–Crippen LogP) is 8.74. The van der Waals surface area contributed by atoms with Gasteiger partial charge in [0.05, 0.1) is 0 Å². The third-order valence-electron chi connectivity index (χ3n) is 13.6. The molecule has 0 nitrogen and oxygen atoms in total. The average molecular weight is 399 g/mol. The van der Waals surface area contributed by atoms with Crippen molar-refractivity contribution in [2.75, 3.05) is 0 Å². The molecule has 5 aliphatic carbocycles. The van der Waals surface area contributed by atoms with Gasteiger partial charge >= 0.3 is 0 Å². The summed E-state index contributed by atoms with van der Waals surface area (Å²) in [6.45, 7) is 23.3. The summed E-state index contributed by atoms with van der Waals surface area (Å²) in [5.41, 5.74) is 3.80. The molecule has 5 fully saturated rings. The Morgan fingerprint density at radius 3 is 2.07 bits per heavy atom. The fourth-order valence-corrected chi connectivity index (χ4v) is 10.6. The molecule has 1 spiro atoms. The second kappa shape index (κ2) is 5.67. The van der Waals surface area contributed by atoms with E-state index in [-0.39, 0.29) is 0 Å². The van der Waals surface area contributed by atoms with Crippen molar-refractivity contribution in [3.63, 3.8) is 0 Å². The lowest BCUT2D eigenvalue weighted by molar-refractivity contribution is -0.256. The van der Waals surface area contributed by atoms with E-state index in [0.29, 0.717) is 32.5 Å². The summed E-state index contributed by atoms with van der Waals surface area (Å²) in [6, 6.07) is 0. The summed E-state index contributed by atoms with van der Waals surface area (Å²) in [6.07, 6.45) is 13.5. The van der Waals surface area contributed by atoms with Gasteiger partial charge in [0.25, 0.3) is 0 Å². The minimum Gasteiger partial charge on any atom is -0.0654 e. The van der Waals surface area contributed by atoms with Crippen molar-refractivity contribution < 1.29 is 0 Å². The van der Waals surface area contributed by atoms with Crippen LogP contribution in [0, 0.1) is 62.1 Å². The van der Waals surface area contributed by atoms with E-state index in [2.05, 4.69) is 62.3 Å². The highest BCUT2D eigenvalue weighted by Gasteiger charge is 2.89. The Balaban J connectivity index is 1.40. The molecule has 29 heavy (non-hydrogen) atoms. The molecule has 0 aliphatic heterocycles. The maximum atomic E-state index is 2.75. The van der Waals surface area contributed by atoms with E-state index in [1.807, 2.05) is 0 Å². The molecule has 9 atom stereocenters. The van der Waals surface area contributed by atoms with Gasteiger partial charge in [-0.2, -0.15) is 0 Å². The zero-order valence-electron chi connectivity index (χ0n) is 21.3. The van der Waals surface area contributed by atoms with E-state index in [1.54, 1.807) is 19.3 Å². The maximum Gasteiger partial charge on any atom is -0.0147 e. The average Bonchev–Trinajstić information content (AvgIpc) is 3.50. The van der Waals surface area contributed by atoms with Gasteiger partial charge in [-0.15, -0.1) is 0 Å². The van der Waals surface area contributed by atoms with Crippen molar-refractivity contribution in [1.29, 1.82) is 0 Å². The van der Waals surface area contributed by atoms with Crippen LogP contribution in [-0.4, -0.2) is 0 Å². The zero-order valence-corrected chi connectivity index (χ0v) is 21.3. The van der Waals surface area contributed by atoms with Crippen molar-refractivity contribution in [2.45, 2.75) is 120 Å². The van der Waals surface area contributed by atoms with Crippen molar-refractivity contribution in [1.82, 2.24) is 0 Å². The highest BCUT2D eigenvalue weighted by Crippen LogP contribution is 2.95. The summed E-state index contributed by atoms with van der Waals surface area (Å²) in [7, 11) is 0. The minimum absolute atomic E-state index is 0.514. The smallest absolute Gasteiger partial charge is 0.0147 e. The molecule has 166 valence electrons. The number of unbranched alkanes of at least 4 members (excludes halogenated alkanes) is 1. The Bertz CT molecular complexity index is 701. The first-order valence-corrected chi connectivity index (χ1v) is 13.3. The van der Waals surface area contributed by atoms with Crippen molar-refractivity contribution in [3.8, 4) is 0 Å². The summed E-state index contributed by atoms with van der Waals surface area (Å²) in [4.78, 5) is 0. The quantitative estimate of drug-likeness (QED) is 0.402. The molecule has 5 saturated carbocycles. The Hall–Kier alpha value is 0. The van der Waals surface area contributed by atoms with Crippen LogP contribution in [0.2, 0.25) is 0 Å². The molecule has 0 saturated heterocycles. The van der Waals surface area contributed by atoms with Crippen LogP contribution in [0.25, 0.3) is 0 Å². The second-order valence-electron chi connectivity index (χ2n) is 14.7. The lowest BCUT2D eigenvalue weighted by atomic mass is 9.31. The minimum atomic E-state index is 0.514. The standard InChI is InChI=1S/C29H50/c1-10-11-12-19(2)28(15-20(28)3)16-22-21-13-14-26(21,8)29(22)18-27(29,9)23-17-24(4,5)25(23,6)7/h19-23H,10-18H2,1-9H3. The Morgan fingerprint density at radius 2 is 1.62 bits per heavy atom. The van der Waals surface area contributed by atoms with E-state index in [1.165, 1.54) is 38.5 Å². The maximum absolute atomic E-state index is 2.75. The number of rotatable bonds is 7. The van der Waals surface area contributed by atoms with E-state index in [0.717, 1.165) is 29.6 Å². The first-order valence-electron chi connectivity index (χ1n) is 13.3.